The van der Waals surface area contributed by atoms with Gasteiger partial charge in [0.05, 0.1) is 6.04 Å². The molecule has 1 aromatic heterocycles. The molecular weight excluding hydrogens is 484 g/mol. The molecule has 15 nitrogen and oxygen atoms in total. The van der Waals surface area contributed by atoms with Crippen LogP contribution in [0.15, 0.2) is 17.1 Å². The highest BCUT2D eigenvalue weighted by molar-refractivity contribution is 5.90. The molecule has 36 heavy (non-hydrogen) atoms. The third-order valence-electron chi connectivity index (χ3n) is 5.24. The number of esters is 1. The Kier molecular flexibility index (Phi) is 12.7. The topological polar surface area (TPSA) is 241 Å². The molecule has 1 heterocycles. The number of nitrogens with two attached hydrogens (primary N) is 1. The summed E-state index contributed by atoms with van der Waals surface area (Å²) in [5.41, 5.74) is 4.48. The zero-order valence-corrected chi connectivity index (χ0v) is 19.9. The molecular formula is C21H32N4O11. The number of aromatic nitrogens is 2. The van der Waals surface area contributed by atoms with Gasteiger partial charge in [0, 0.05) is 32.6 Å². The van der Waals surface area contributed by atoms with Gasteiger partial charge in [0.2, 0.25) is 5.91 Å². The van der Waals surface area contributed by atoms with Crippen LogP contribution in [-0.2, 0) is 28.7 Å². The van der Waals surface area contributed by atoms with E-state index in [2.05, 4.69) is 10.3 Å². The summed E-state index contributed by atoms with van der Waals surface area (Å²) in [6, 6.07) is -0.942. The summed E-state index contributed by atoms with van der Waals surface area (Å²) in [4.78, 5) is 60.9. The zero-order valence-electron chi connectivity index (χ0n) is 19.9. The van der Waals surface area contributed by atoms with Crippen molar-refractivity contribution in [3.63, 3.8) is 0 Å². The number of carboxylic acids is 2. The lowest BCUT2D eigenvalue weighted by Crippen LogP contribution is -2.46. The van der Waals surface area contributed by atoms with E-state index in [0.717, 1.165) is 4.57 Å². The molecule has 0 radical (unpaired) electrons. The van der Waals surface area contributed by atoms with E-state index >= 15 is 0 Å². The average molecular weight is 517 g/mol. The van der Waals surface area contributed by atoms with Crippen LogP contribution < -0.4 is 16.7 Å². The standard InChI is InChI=1S/C21H32N4O11/c1-11(18(30)19(31)13(35-2)10-36-17(29)5-3-4-16(27)28)25-9-8-14(24-21(25)34)23-15(26)7-6-12(22)20(32)33/h8-9,11-13,18-19,30-31H,3-7,10,22H2,1-2H3,(H,27,28)(H,32,33)(H,23,24,26,34). The number of carboxylic acid groups (broad SMARTS) is 2. The maximum Gasteiger partial charge on any atom is 0.349 e. The number of anilines is 1. The molecule has 0 aliphatic heterocycles. The number of carbonyl (C=O) groups is 4. The van der Waals surface area contributed by atoms with Crippen LogP contribution in [0.3, 0.4) is 0 Å². The molecule has 15 heteroatoms. The second kappa shape index (κ2) is 14.9. The van der Waals surface area contributed by atoms with Crippen molar-refractivity contribution in [2.45, 2.75) is 69.4 Å². The number of aliphatic hydroxyl groups is 2. The van der Waals surface area contributed by atoms with Crippen molar-refractivity contribution in [1.29, 1.82) is 0 Å². The van der Waals surface area contributed by atoms with Crippen molar-refractivity contribution >= 4 is 29.6 Å². The quantitative estimate of drug-likeness (QED) is 0.137. The SMILES string of the molecule is COC(COC(=O)CCCC(=O)O)C(O)C(O)C(C)n1ccc(NC(=O)CCC(N)C(=O)O)nc1=O. The largest absolute Gasteiger partial charge is 0.481 e. The number of ether oxygens (including phenoxy) is 2. The number of aliphatic hydroxyl groups excluding tert-OH is 2. The van der Waals surface area contributed by atoms with Crippen LogP contribution in [0.25, 0.3) is 0 Å². The minimum absolute atomic E-state index is 0.0796. The smallest absolute Gasteiger partial charge is 0.349 e. The lowest BCUT2D eigenvalue weighted by molar-refractivity contribution is -0.155. The van der Waals surface area contributed by atoms with Gasteiger partial charge in [-0.25, -0.2) is 4.79 Å². The Hall–Kier alpha value is -3.40. The van der Waals surface area contributed by atoms with Crippen LogP contribution in [0.4, 0.5) is 5.82 Å². The van der Waals surface area contributed by atoms with E-state index in [1.807, 2.05) is 0 Å². The normalized spacial score (nSPS) is 15.2. The predicted molar refractivity (Wildman–Crippen MR) is 122 cm³/mol. The molecule has 0 fully saturated rings. The van der Waals surface area contributed by atoms with E-state index in [-0.39, 0.29) is 37.9 Å². The second-order valence-corrected chi connectivity index (χ2v) is 7.96. The number of amides is 1. The van der Waals surface area contributed by atoms with Crippen LogP contribution >= 0.6 is 0 Å². The number of carbonyl (C=O) groups excluding carboxylic acids is 2. The molecule has 5 atom stereocenters. The number of aliphatic carboxylic acids is 2. The molecule has 0 aliphatic carbocycles. The van der Waals surface area contributed by atoms with Crippen LogP contribution in [0.1, 0.15) is 45.1 Å². The number of hydrogen-bond acceptors (Lipinski definition) is 11. The van der Waals surface area contributed by atoms with E-state index < -0.39 is 66.5 Å². The lowest BCUT2D eigenvalue weighted by Gasteiger charge is -2.29. The fraction of sp³-hybridized carbons (Fsp3) is 0.619. The molecule has 0 saturated heterocycles. The Labute approximate surface area is 205 Å². The van der Waals surface area contributed by atoms with Gasteiger partial charge in [-0.15, -0.1) is 0 Å². The summed E-state index contributed by atoms with van der Waals surface area (Å²) in [7, 11) is 1.22. The summed E-state index contributed by atoms with van der Waals surface area (Å²) in [5.74, 6) is -3.69. The molecule has 7 N–H and O–H groups in total. The highest BCUT2D eigenvalue weighted by Gasteiger charge is 2.32. The van der Waals surface area contributed by atoms with E-state index in [0.29, 0.717) is 0 Å². The molecule has 0 bridgehead atoms. The van der Waals surface area contributed by atoms with Crippen molar-refractivity contribution in [3.8, 4) is 0 Å². The monoisotopic (exact) mass is 516 g/mol. The molecule has 0 saturated carbocycles. The van der Waals surface area contributed by atoms with Crippen molar-refractivity contribution < 1.29 is 49.1 Å². The molecule has 0 aromatic carbocycles. The lowest BCUT2D eigenvalue weighted by atomic mass is 10.0. The average Bonchev–Trinajstić information content (AvgIpc) is 2.81. The maximum absolute atomic E-state index is 12.4. The number of hydrogen-bond donors (Lipinski definition) is 6. The van der Waals surface area contributed by atoms with Crippen LogP contribution in [0.5, 0.6) is 0 Å². The van der Waals surface area contributed by atoms with Crippen LogP contribution in [0.2, 0.25) is 0 Å². The third kappa shape index (κ3) is 10.1. The Morgan fingerprint density at radius 2 is 1.81 bits per heavy atom. The van der Waals surface area contributed by atoms with Crippen molar-refractivity contribution in [3.05, 3.63) is 22.7 Å². The summed E-state index contributed by atoms with van der Waals surface area (Å²) in [5, 5.41) is 40.7. The number of nitrogens with zero attached hydrogens (tertiary/aromatic N) is 2. The molecule has 5 unspecified atom stereocenters. The van der Waals surface area contributed by atoms with E-state index in [4.69, 9.17) is 25.4 Å². The minimum Gasteiger partial charge on any atom is -0.481 e. The highest BCUT2D eigenvalue weighted by atomic mass is 16.6. The highest BCUT2D eigenvalue weighted by Crippen LogP contribution is 2.17. The molecule has 0 spiro atoms. The van der Waals surface area contributed by atoms with Crippen LogP contribution in [0, 0.1) is 0 Å². The van der Waals surface area contributed by atoms with Gasteiger partial charge < -0.3 is 41.0 Å². The Morgan fingerprint density at radius 1 is 1.14 bits per heavy atom. The van der Waals surface area contributed by atoms with Crippen molar-refractivity contribution in [2.24, 2.45) is 5.73 Å². The fourth-order valence-corrected chi connectivity index (χ4v) is 3.01. The maximum atomic E-state index is 12.4. The number of methoxy groups -OCH3 is 1. The molecule has 1 amide bonds. The Bertz CT molecular complexity index is 967. The first-order valence-electron chi connectivity index (χ1n) is 11.0. The van der Waals surface area contributed by atoms with Crippen molar-refractivity contribution in [2.75, 3.05) is 19.0 Å². The van der Waals surface area contributed by atoms with Crippen molar-refractivity contribution in [1.82, 2.24) is 9.55 Å². The molecule has 0 aliphatic rings. The van der Waals surface area contributed by atoms with Gasteiger partial charge in [-0.2, -0.15) is 4.98 Å². The van der Waals surface area contributed by atoms with E-state index in [1.54, 1.807) is 0 Å². The van der Waals surface area contributed by atoms with E-state index in [1.165, 1.54) is 26.3 Å². The first-order chi connectivity index (χ1) is 16.9. The van der Waals surface area contributed by atoms with E-state index in [9.17, 15) is 34.2 Å². The Morgan fingerprint density at radius 3 is 2.36 bits per heavy atom. The summed E-state index contributed by atoms with van der Waals surface area (Å²) in [6.07, 6.45) is -3.64. The van der Waals surface area contributed by atoms with Gasteiger partial charge in [-0.05, 0) is 25.8 Å². The van der Waals surface area contributed by atoms with Gasteiger partial charge in [0.25, 0.3) is 0 Å². The third-order valence-corrected chi connectivity index (χ3v) is 5.24. The minimum atomic E-state index is -1.58. The number of nitrogens with one attached hydrogen (secondary N) is 1. The zero-order chi connectivity index (χ0) is 27.4. The second-order valence-electron chi connectivity index (χ2n) is 7.96. The summed E-state index contributed by atoms with van der Waals surface area (Å²) >= 11 is 0. The van der Waals surface area contributed by atoms with Crippen LogP contribution in [-0.4, -0.2) is 91.9 Å². The van der Waals surface area contributed by atoms with Gasteiger partial charge in [0.1, 0.15) is 36.8 Å². The predicted octanol–water partition coefficient (Wildman–Crippen LogP) is -1.53. The summed E-state index contributed by atoms with van der Waals surface area (Å²) in [6.45, 7) is 1.00. The fourth-order valence-electron chi connectivity index (χ4n) is 3.01. The molecule has 202 valence electrons. The first kappa shape index (κ1) is 30.6. The molecule has 1 aromatic rings. The van der Waals surface area contributed by atoms with Gasteiger partial charge in [0.15, 0.2) is 0 Å². The number of rotatable bonds is 16. The van der Waals surface area contributed by atoms with Gasteiger partial charge in [-0.3, -0.25) is 23.7 Å². The molecule has 1 rings (SSSR count). The van der Waals surface area contributed by atoms with Gasteiger partial charge >= 0.3 is 23.6 Å². The van der Waals surface area contributed by atoms with Gasteiger partial charge in [-0.1, -0.05) is 0 Å². The Balaban J connectivity index is 2.72. The summed E-state index contributed by atoms with van der Waals surface area (Å²) < 4.78 is 11.1. The first-order valence-corrected chi connectivity index (χ1v) is 11.0.